The summed E-state index contributed by atoms with van der Waals surface area (Å²) in [6.07, 6.45) is 2.76. The first kappa shape index (κ1) is 17.9. The van der Waals surface area contributed by atoms with Crippen molar-refractivity contribution in [1.82, 2.24) is 15.5 Å². The second kappa shape index (κ2) is 7.77. The van der Waals surface area contributed by atoms with Gasteiger partial charge in [0.25, 0.3) is 0 Å². The average molecular weight is 284 g/mol. The van der Waals surface area contributed by atoms with Crippen LogP contribution in [0, 0.1) is 11.3 Å². The first-order valence-electron chi connectivity index (χ1n) is 8.35. The molecule has 1 unspecified atom stereocenters. The highest BCUT2D eigenvalue weighted by molar-refractivity contribution is 4.80. The number of nitrogens with zero attached hydrogens (tertiary/aromatic N) is 1. The molecule has 0 amide bonds. The molecule has 3 heteroatoms. The Bertz CT molecular complexity index is 250. The van der Waals surface area contributed by atoms with Gasteiger partial charge in [-0.15, -0.1) is 0 Å². The summed E-state index contributed by atoms with van der Waals surface area (Å²) in [7, 11) is 0. The standard InChI is InChI=1S/C9H19N.C8H18N2/c1-9(2,3)6-8-4-5-10-7-8;1-8(2,3)10-6-4-9-5-7-10/h8,10H,4-7H2,1-3H3;9H,4-7H2,1-3H3. The summed E-state index contributed by atoms with van der Waals surface area (Å²) in [6, 6.07) is 0. The van der Waals surface area contributed by atoms with Gasteiger partial charge in [0.05, 0.1) is 0 Å². The maximum absolute atomic E-state index is 3.39. The maximum atomic E-state index is 3.39. The summed E-state index contributed by atoms with van der Waals surface area (Å²) in [6.45, 7) is 21.0. The van der Waals surface area contributed by atoms with Crippen molar-refractivity contribution >= 4 is 0 Å². The molecule has 2 rings (SSSR count). The molecule has 0 saturated carbocycles. The lowest BCUT2D eigenvalue weighted by Crippen LogP contribution is -2.51. The summed E-state index contributed by atoms with van der Waals surface area (Å²) in [5.74, 6) is 0.944. The minimum atomic E-state index is 0.363. The van der Waals surface area contributed by atoms with Crippen LogP contribution in [-0.2, 0) is 0 Å². The van der Waals surface area contributed by atoms with Crippen LogP contribution >= 0.6 is 0 Å². The van der Waals surface area contributed by atoms with Gasteiger partial charge in [-0.05, 0) is 58.0 Å². The summed E-state index contributed by atoms with van der Waals surface area (Å²) >= 11 is 0. The van der Waals surface area contributed by atoms with E-state index in [9.17, 15) is 0 Å². The number of rotatable bonds is 1. The molecule has 2 aliphatic heterocycles. The Hall–Kier alpha value is -0.120. The summed E-state index contributed by atoms with van der Waals surface area (Å²) < 4.78 is 0. The van der Waals surface area contributed by atoms with Gasteiger partial charge in [-0.3, -0.25) is 4.90 Å². The van der Waals surface area contributed by atoms with Crippen LogP contribution < -0.4 is 10.6 Å². The average Bonchev–Trinajstić information content (AvgIpc) is 2.80. The maximum Gasteiger partial charge on any atom is 0.0126 e. The molecule has 20 heavy (non-hydrogen) atoms. The van der Waals surface area contributed by atoms with Gasteiger partial charge in [0.2, 0.25) is 0 Å². The van der Waals surface area contributed by atoms with Crippen LogP contribution in [0.5, 0.6) is 0 Å². The quantitative estimate of drug-likeness (QED) is 0.775. The van der Waals surface area contributed by atoms with Gasteiger partial charge < -0.3 is 10.6 Å². The van der Waals surface area contributed by atoms with Gasteiger partial charge in [-0.2, -0.15) is 0 Å². The third-order valence-electron chi connectivity index (χ3n) is 4.13. The summed E-state index contributed by atoms with van der Waals surface area (Å²) in [5.41, 5.74) is 0.888. The Kier molecular flexibility index (Phi) is 6.96. The monoisotopic (exact) mass is 283 g/mol. The van der Waals surface area contributed by atoms with E-state index in [-0.39, 0.29) is 0 Å². The Morgan fingerprint density at radius 1 is 0.900 bits per heavy atom. The fourth-order valence-corrected chi connectivity index (χ4v) is 3.09. The molecule has 2 fully saturated rings. The van der Waals surface area contributed by atoms with Gasteiger partial charge in [-0.25, -0.2) is 0 Å². The lowest BCUT2D eigenvalue weighted by atomic mass is 9.84. The Labute approximate surface area is 126 Å². The van der Waals surface area contributed by atoms with E-state index >= 15 is 0 Å². The Morgan fingerprint density at radius 3 is 1.85 bits per heavy atom. The van der Waals surface area contributed by atoms with E-state index in [0.29, 0.717) is 11.0 Å². The number of nitrogens with one attached hydrogen (secondary N) is 2. The van der Waals surface area contributed by atoms with E-state index in [1.807, 2.05) is 0 Å². The molecule has 0 aromatic carbocycles. The molecule has 0 radical (unpaired) electrons. The zero-order chi connectivity index (χ0) is 15.2. The zero-order valence-electron chi connectivity index (χ0n) is 14.7. The summed E-state index contributed by atoms with van der Waals surface area (Å²) in [5, 5.41) is 6.74. The Balaban J connectivity index is 0.000000200. The van der Waals surface area contributed by atoms with Crippen molar-refractivity contribution in [1.29, 1.82) is 0 Å². The molecule has 0 aromatic heterocycles. The van der Waals surface area contributed by atoms with Gasteiger partial charge in [-0.1, -0.05) is 20.8 Å². The van der Waals surface area contributed by atoms with Crippen LogP contribution in [0.2, 0.25) is 0 Å². The molecular weight excluding hydrogens is 246 g/mol. The first-order valence-corrected chi connectivity index (χ1v) is 8.35. The molecular formula is C17H37N3. The Morgan fingerprint density at radius 2 is 1.50 bits per heavy atom. The second-order valence-corrected chi connectivity index (χ2v) is 8.53. The fourth-order valence-electron chi connectivity index (χ4n) is 3.09. The normalized spacial score (nSPS) is 25.2. The highest BCUT2D eigenvalue weighted by Gasteiger charge is 2.22. The molecule has 0 bridgehead atoms. The number of piperazine rings is 1. The van der Waals surface area contributed by atoms with E-state index in [0.717, 1.165) is 19.0 Å². The van der Waals surface area contributed by atoms with Crippen LogP contribution in [0.3, 0.4) is 0 Å². The molecule has 3 nitrogen and oxygen atoms in total. The van der Waals surface area contributed by atoms with E-state index < -0.39 is 0 Å². The van der Waals surface area contributed by atoms with Crippen molar-refractivity contribution < 1.29 is 0 Å². The highest BCUT2D eigenvalue weighted by Crippen LogP contribution is 2.27. The minimum Gasteiger partial charge on any atom is -0.316 e. The number of hydrogen-bond acceptors (Lipinski definition) is 3. The molecule has 0 aromatic rings. The molecule has 2 N–H and O–H groups in total. The highest BCUT2D eigenvalue weighted by atomic mass is 15.2. The molecule has 1 atom stereocenters. The molecule has 120 valence electrons. The lowest BCUT2D eigenvalue weighted by Gasteiger charge is -2.38. The first-order chi connectivity index (χ1) is 9.18. The van der Waals surface area contributed by atoms with Crippen molar-refractivity contribution in [3.63, 3.8) is 0 Å². The van der Waals surface area contributed by atoms with E-state index in [1.54, 1.807) is 0 Å². The van der Waals surface area contributed by atoms with Crippen molar-refractivity contribution in [3.05, 3.63) is 0 Å². The van der Waals surface area contributed by atoms with E-state index in [1.165, 1.54) is 39.0 Å². The van der Waals surface area contributed by atoms with Gasteiger partial charge in [0.15, 0.2) is 0 Å². The van der Waals surface area contributed by atoms with Crippen LogP contribution in [0.4, 0.5) is 0 Å². The van der Waals surface area contributed by atoms with Crippen molar-refractivity contribution in [2.24, 2.45) is 11.3 Å². The van der Waals surface area contributed by atoms with Gasteiger partial charge in [0.1, 0.15) is 0 Å². The predicted octanol–water partition coefficient (Wildman–Crippen LogP) is 2.72. The topological polar surface area (TPSA) is 27.3 Å². The van der Waals surface area contributed by atoms with Crippen LogP contribution in [0.15, 0.2) is 0 Å². The minimum absolute atomic E-state index is 0.363. The van der Waals surface area contributed by atoms with Crippen LogP contribution in [-0.4, -0.2) is 49.7 Å². The summed E-state index contributed by atoms with van der Waals surface area (Å²) in [4.78, 5) is 2.52. The van der Waals surface area contributed by atoms with Gasteiger partial charge in [0, 0.05) is 31.7 Å². The van der Waals surface area contributed by atoms with Crippen molar-refractivity contribution in [2.45, 2.75) is 59.9 Å². The second-order valence-electron chi connectivity index (χ2n) is 8.53. The van der Waals surface area contributed by atoms with Crippen LogP contribution in [0.25, 0.3) is 0 Å². The smallest absolute Gasteiger partial charge is 0.0126 e. The predicted molar refractivity (Wildman–Crippen MR) is 89.2 cm³/mol. The SMILES string of the molecule is CC(C)(C)CC1CCNC1.CC(C)(C)N1CCNCC1. The number of hydrogen-bond donors (Lipinski definition) is 2. The van der Waals surface area contributed by atoms with E-state index in [4.69, 9.17) is 0 Å². The lowest BCUT2D eigenvalue weighted by molar-refractivity contribution is 0.119. The molecule has 0 aliphatic carbocycles. The van der Waals surface area contributed by atoms with Crippen molar-refractivity contribution in [3.8, 4) is 0 Å². The van der Waals surface area contributed by atoms with Gasteiger partial charge >= 0.3 is 0 Å². The largest absolute Gasteiger partial charge is 0.316 e. The third kappa shape index (κ3) is 7.61. The molecule has 2 aliphatic rings. The molecule has 2 heterocycles. The zero-order valence-corrected chi connectivity index (χ0v) is 14.7. The third-order valence-corrected chi connectivity index (χ3v) is 4.13. The van der Waals surface area contributed by atoms with Crippen molar-refractivity contribution in [2.75, 3.05) is 39.3 Å². The van der Waals surface area contributed by atoms with Crippen LogP contribution in [0.1, 0.15) is 54.4 Å². The molecule has 2 saturated heterocycles. The molecule has 0 spiro atoms. The fraction of sp³-hybridized carbons (Fsp3) is 1.00. The van der Waals surface area contributed by atoms with E-state index in [2.05, 4.69) is 57.1 Å².